The van der Waals surface area contributed by atoms with Crippen LogP contribution in [0.1, 0.15) is 6.23 Å². The molecule has 2 aromatic rings. The molecule has 1 aliphatic rings. The molecule has 0 saturated carbocycles. The van der Waals surface area contributed by atoms with E-state index in [-0.39, 0.29) is 106 Å². The van der Waals surface area contributed by atoms with Crippen LogP contribution in [0.5, 0.6) is 0 Å². The number of imidazole rings is 1. The average molecular weight is 595 g/mol. The van der Waals surface area contributed by atoms with Gasteiger partial charge in [0.1, 0.15) is 18.3 Å². The third-order valence-corrected chi connectivity index (χ3v) is 7.68. The zero-order chi connectivity index (χ0) is 24.1. The molecule has 2 unspecified atom stereocenters. The minimum atomic E-state index is -5.73. The van der Waals surface area contributed by atoms with Crippen LogP contribution in [-0.4, -0.2) is 163 Å². The summed E-state index contributed by atoms with van der Waals surface area (Å²) in [5, 5.41) is 20.4. The molecule has 9 N–H and O–H groups in total. The third-order valence-electron chi connectivity index (χ3n) is 3.88. The molecule has 3 heterocycles. The number of aromatic nitrogens is 4. The molecule has 1 aliphatic heterocycles. The number of aromatic amines is 1. The number of aliphatic hydroxyl groups is 2. The van der Waals surface area contributed by atoms with E-state index in [0.29, 0.717) is 0 Å². The van der Waals surface area contributed by atoms with Crippen LogP contribution < -0.4 is 11.3 Å². The van der Waals surface area contributed by atoms with Crippen molar-refractivity contribution in [1.29, 1.82) is 0 Å². The van der Waals surface area contributed by atoms with E-state index in [9.17, 15) is 33.6 Å². The quantitative estimate of drug-likeness (QED) is 0.106. The topological polar surface area (TPSA) is 299 Å². The molecule has 0 radical (unpaired) electrons. The van der Waals surface area contributed by atoms with E-state index in [1.165, 1.54) is 0 Å². The molecule has 25 heteroatoms. The Hall–Kier alpha value is 1.44. The van der Waals surface area contributed by atoms with Gasteiger partial charge < -0.3 is 40.3 Å². The zero-order valence-electron chi connectivity index (χ0n) is 15.3. The summed E-state index contributed by atoms with van der Waals surface area (Å²) < 4.78 is 51.6. The van der Waals surface area contributed by atoms with Crippen LogP contribution in [0.25, 0.3) is 11.2 Å². The number of nitrogens with two attached hydrogens (primary N) is 1. The Balaban J connectivity index is 0.00000385. The molecule has 2 aromatic heterocycles. The second-order valence-corrected chi connectivity index (χ2v) is 10.6. The number of nitrogens with one attached hydrogen (secondary N) is 1. The molecule has 19 nitrogen and oxygen atoms in total. The Morgan fingerprint density at radius 1 is 1.06 bits per heavy atom. The van der Waals surface area contributed by atoms with Crippen LogP contribution in [0.3, 0.4) is 0 Å². The van der Waals surface area contributed by atoms with Crippen LogP contribution in [-0.2, 0) is 31.6 Å². The molecule has 6 atom stereocenters. The van der Waals surface area contributed by atoms with Crippen molar-refractivity contribution in [2.75, 3.05) is 12.3 Å². The first-order chi connectivity index (χ1) is 14.6. The predicted octanol–water partition coefficient (Wildman–Crippen LogP) is -4.28. The van der Waals surface area contributed by atoms with Gasteiger partial charge in [-0.15, -0.1) is 0 Å². The van der Waals surface area contributed by atoms with Crippen LogP contribution >= 0.6 is 23.5 Å². The van der Waals surface area contributed by atoms with Crippen LogP contribution in [0.2, 0.25) is 0 Å². The number of ether oxygens (including phenoxy) is 1. The van der Waals surface area contributed by atoms with Crippen molar-refractivity contribution in [1.82, 2.24) is 19.5 Å². The Bertz CT molecular complexity index is 1220. The Labute approximate surface area is 261 Å². The van der Waals surface area contributed by atoms with E-state index >= 15 is 0 Å². The first-order valence-electron chi connectivity index (χ1n) is 8.11. The van der Waals surface area contributed by atoms with E-state index in [1.807, 2.05) is 0 Å². The normalized spacial score (nSPS) is 25.5. The number of rotatable bonds is 8. The molecule has 0 spiro atoms. The number of fused-ring (bicyclic) bond motifs is 1. The number of nitrogen functional groups attached to an aromatic ring is 1. The second kappa shape index (κ2) is 13.7. The van der Waals surface area contributed by atoms with Crippen molar-refractivity contribution in [3.63, 3.8) is 0 Å². The van der Waals surface area contributed by atoms with Crippen molar-refractivity contribution in [2.24, 2.45) is 0 Å². The first kappa shape index (κ1) is 36.4. The molecule has 35 heavy (non-hydrogen) atoms. The summed E-state index contributed by atoms with van der Waals surface area (Å²) in [4.78, 5) is 57.3. The molecular weight excluding hydrogens is 576 g/mol. The van der Waals surface area contributed by atoms with Crippen LogP contribution in [0.15, 0.2) is 11.1 Å². The number of nitrogens with zero attached hydrogens (tertiary/aromatic N) is 3. The van der Waals surface area contributed by atoms with Crippen LogP contribution in [0, 0.1) is 0 Å². The van der Waals surface area contributed by atoms with Crippen molar-refractivity contribution < 1.29 is 61.4 Å². The standard InChI is InChI=1S/C10H16N5O14P3.3Na.3H/c11-10-13-7-4(8(18)14-10)12-2-15(7)9-6(17)5(16)3(27-9)1-26-31(22,23)29-32(24,25)28-30(19,20)21;;;;;;/h2-3,5-6,9,16-17H,1H2,(H,22,23)(H,24,25)(H2,19,20,21)(H3,11,13,14,18);;;;;;/t3-,5-,6-,9-;;;;;;/m1....../s1. The van der Waals surface area contributed by atoms with Crippen molar-refractivity contribution in [3.8, 4) is 0 Å². The first-order valence-corrected chi connectivity index (χ1v) is 12.6. The van der Waals surface area contributed by atoms with Gasteiger partial charge in [-0.3, -0.25) is 18.9 Å². The fraction of sp³-hybridized carbons (Fsp3) is 0.500. The van der Waals surface area contributed by atoms with E-state index < -0.39 is 60.2 Å². The number of H-pyrrole nitrogens is 1. The Morgan fingerprint density at radius 3 is 2.23 bits per heavy atom. The van der Waals surface area contributed by atoms with E-state index in [4.69, 9.17) is 25.2 Å². The van der Waals surface area contributed by atoms with Crippen molar-refractivity contribution >= 4 is 129 Å². The molecule has 186 valence electrons. The number of hydrogen-bond donors (Lipinski definition) is 8. The van der Waals surface area contributed by atoms with Gasteiger partial charge in [0.15, 0.2) is 17.4 Å². The summed E-state index contributed by atoms with van der Waals surface area (Å²) in [5.41, 5.74) is 4.50. The number of phosphoric acid groups is 3. The van der Waals surface area contributed by atoms with Gasteiger partial charge in [0.2, 0.25) is 5.95 Å². The maximum absolute atomic E-state index is 11.9. The Kier molecular flexibility index (Phi) is 14.2. The molecule has 0 aliphatic carbocycles. The van der Waals surface area contributed by atoms with Crippen molar-refractivity contribution in [2.45, 2.75) is 24.5 Å². The summed E-state index contributed by atoms with van der Waals surface area (Å²) in [6, 6.07) is 0. The summed E-state index contributed by atoms with van der Waals surface area (Å²) in [6.07, 6.45) is -5.33. The molecule has 0 amide bonds. The number of phosphoric ester groups is 1. The van der Waals surface area contributed by atoms with Crippen LogP contribution in [0.4, 0.5) is 5.95 Å². The van der Waals surface area contributed by atoms with Gasteiger partial charge in [0.05, 0.1) is 12.9 Å². The van der Waals surface area contributed by atoms with Gasteiger partial charge in [-0.2, -0.15) is 13.6 Å². The van der Waals surface area contributed by atoms with Crippen molar-refractivity contribution in [3.05, 3.63) is 16.7 Å². The summed E-state index contributed by atoms with van der Waals surface area (Å²) in [5.74, 6) is -0.276. The van der Waals surface area contributed by atoms with E-state index in [1.54, 1.807) is 0 Å². The third kappa shape index (κ3) is 9.54. The molecule has 3 rings (SSSR count). The van der Waals surface area contributed by atoms with Gasteiger partial charge in [0.25, 0.3) is 5.56 Å². The van der Waals surface area contributed by atoms with Gasteiger partial charge in [-0.1, -0.05) is 0 Å². The fourth-order valence-corrected chi connectivity index (χ4v) is 5.73. The fourth-order valence-electron chi connectivity index (χ4n) is 2.70. The predicted molar refractivity (Wildman–Crippen MR) is 120 cm³/mol. The van der Waals surface area contributed by atoms with Gasteiger partial charge in [-0.05, 0) is 0 Å². The van der Waals surface area contributed by atoms with Gasteiger partial charge >= 0.3 is 112 Å². The summed E-state index contributed by atoms with van der Waals surface area (Å²) >= 11 is 0. The number of anilines is 1. The average Bonchev–Trinajstić information content (AvgIpc) is 3.12. The van der Waals surface area contributed by atoms with Gasteiger partial charge in [-0.25, -0.2) is 18.7 Å². The second-order valence-electron chi connectivity index (χ2n) is 6.21. The molecule has 1 saturated heterocycles. The van der Waals surface area contributed by atoms with E-state index in [2.05, 4.69) is 28.1 Å². The number of hydrogen-bond acceptors (Lipinski definition) is 13. The molecule has 0 bridgehead atoms. The molecule has 1 fully saturated rings. The molecular formula is C10H19N5Na3O14P3. The summed E-state index contributed by atoms with van der Waals surface area (Å²) in [6.45, 7) is -1.01. The SMILES string of the molecule is Nc1nc2c(ncn2[C@@H]2O[C@H](COP(=O)(O)OP(=O)(O)OP(=O)(O)O)[C@@H](O)[C@H]2O)c(=O)[nH]1.[NaH].[NaH].[NaH]. The Morgan fingerprint density at radius 2 is 1.66 bits per heavy atom. The van der Waals surface area contributed by atoms with Gasteiger partial charge in [0, 0.05) is 0 Å². The monoisotopic (exact) mass is 595 g/mol. The minimum absolute atomic E-state index is 0. The number of aliphatic hydroxyl groups excluding tert-OH is 2. The molecule has 0 aromatic carbocycles. The zero-order valence-corrected chi connectivity index (χ0v) is 18.0. The summed E-state index contributed by atoms with van der Waals surface area (Å²) in [7, 11) is -16.8. The maximum atomic E-state index is 11.9. The van der Waals surface area contributed by atoms with E-state index in [0.717, 1.165) is 10.9 Å².